The Hall–Kier alpha value is -2.05. The summed E-state index contributed by atoms with van der Waals surface area (Å²) < 4.78 is 5.75. The molecule has 0 bridgehead atoms. The lowest BCUT2D eigenvalue weighted by Crippen LogP contribution is -2.31. The van der Waals surface area contributed by atoms with E-state index in [4.69, 9.17) is 22.1 Å². The summed E-state index contributed by atoms with van der Waals surface area (Å²) in [5.74, 6) is -0.222. The minimum Gasteiger partial charge on any atom is -0.481 e. The largest absolute Gasteiger partial charge is 0.481 e. The van der Waals surface area contributed by atoms with Gasteiger partial charge >= 0.3 is 0 Å². The number of thiophene rings is 1. The molecule has 1 aliphatic carbocycles. The third-order valence-electron chi connectivity index (χ3n) is 4.46. The van der Waals surface area contributed by atoms with E-state index < -0.39 is 12.0 Å². The highest BCUT2D eigenvalue weighted by Crippen LogP contribution is 2.38. The van der Waals surface area contributed by atoms with E-state index in [1.54, 1.807) is 25.1 Å². The number of hydrogen-bond donors (Lipinski definition) is 2. The number of nitrogens with two attached hydrogens (primary N) is 1. The second-order valence-corrected chi connectivity index (χ2v) is 7.98. The first-order valence-electron chi connectivity index (χ1n) is 8.55. The van der Waals surface area contributed by atoms with Crippen LogP contribution in [0.5, 0.6) is 5.75 Å². The summed E-state index contributed by atoms with van der Waals surface area (Å²) in [5.41, 5.74) is 7.86. The molecule has 1 heterocycles. The zero-order valence-corrected chi connectivity index (χ0v) is 16.3. The average Bonchev–Trinajstić information content (AvgIpc) is 2.95. The van der Waals surface area contributed by atoms with E-state index in [-0.39, 0.29) is 5.91 Å². The number of anilines is 1. The van der Waals surface area contributed by atoms with Crippen LogP contribution in [0.3, 0.4) is 0 Å². The first-order valence-corrected chi connectivity index (χ1v) is 9.74. The van der Waals surface area contributed by atoms with Gasteiger partial charge in [-0.2, -0.15) is 0 Å². The van der Waals surface area contributed by atoms with E-state index in [0.29, 0.717) is 21.3 Å². The van der Waals surface area contributed by atoms with E-state index in [1.165, 1.54) is 11.3 Å². The Morgan fingerprint density at radius 1 is 1.31 bits per heavy atom. The van der Waals surface area contributed by atoms with Crippen LogP contribution in [0, 0.1) is 6.92 Å². The Morgan fingerprint density at radius 3 is 2.73 bits per heavy atom. The highest BCUT2D eigenvalue weighted by Gasteiger charge is 2.26. The third-order valence-corrected chi connectivity index (χ3v) is 5.91. The van der Waals surface area contributed by atoms with Gasteiger partial charge in [-0.25, -0.2) is 0 Å². The summed E-state index contributed by atoms with van der Waals surface area (Å²) in [5, 5.41) is 3.97. The van der Waals surface area contributed by atoms with E-state index in [0.717, 1.165) is 41.7 Å². The van der Waals surface area contributed by atoms with Crippen molar-refractivity contribution in [3.63, 3.8) is 0 Å². The maximum Gasteiger partial charge on any atom is 0.265 e. The summed E-state index contributed by atoms with van der Waals surface area (Å²) in [6.07, 6.45) is 3.15. The third kappa shape index (κ3) is 3.86. The van der Waals surface area contributed by atoms with Gasteiger partial charge in [-0.05, 0) is 68.9 Å². The quantitative estimate of drug-likeness (QED) is 0.803. The van der Waals surface area contributed by atoms with Crippen LogP contribution in [0.2, 0.25) is 5.02 Å². The fraction of sp³-hybridized carbons (Fsp3) is 0.368. The number of nitrogens with one attached hydrogen (secondary N) is 1. The fourth-order valence-electron chi connectivity index (χ4n) is 3.12. The zero-order chi connectivity index (χ0) is 18.8. The topological polar surface area (TPSA) is 81.4 Å². The average molecular weight is 393 g/mol. The number of halogens is 1. The van der Waals surface area contributed by atoms with Crippen LogP contribution in [0.15, 0.2) is 18.2 Å². The van der Waals surface area contributed by atoms with Crippen molar-refractivity contribution in [1.82, 2.24) is 0 Å². The molecule has 0 aliphatic heterocycles. The molecule has 1 aromatic carbocycles. The highest BCUT2D eigenvalue weighted by atomic mass is 35.5. The number of carbonyl (C=O) groups is 2. The van der Waals surface area contributed by atoms with Crippen molar-refractivity contribution < 1.29 is 14.3 Å². The molecule has 0 saturated carbocycles. The monoisotopic (exact) mass is 392 g/mol. The number of fused-ring (bicyclic) bond motifs is 1. The Labute approximate surface area is 161 Å². The molecule has 0 unspecified atom stereocenters. The lowest BCUT2D eigenvalue weighted by Gasteiger charge is -2.16. The van der Waals surface area contributed by atoms with E-state index in [1.807, 2.05) is 6.92 Å². The minimum absolute atomic E-state index is 0.319. The second-order valence-electron chi connectivity index (χ2n) is 6.44. The number of ether oxygens (including phenoxy) is 1. The van der Waals surface area contributed by atoms with Crippen molar-refractivity contribution in [2.24, 2.45) is 5.73 Å². The standard InChI is InChI=1S/C19H21ClN2O3S/c1-10-9-12(20)7-8-14(10)25-11(2)18(24)22-19-16(17(21)23)13-5-3-4-6-15(13)26-19/h7-9,11H,3-6H2,1-2H3,(H2,21,23)(H,22,24)/t11-/m0/s1. The number of benzene rings is 1. The summed E-state index contributed by atoms with van der Waals surface area (Å²) in [6, 6.07) is 5.23. The number of aryl methyl sites for hydroxylation is 2. The summed E-state index contributed by atoms with van der Waals surface area (Å²) in [6.45, 7) is 3.53. The Balaban J connectivity index is 1.77. The predicted molar refractivity (Wildman–Crippen MR) is 104 cm³/mol. The fourth-order valence-corrected chi connectivity index (χ4v) is 4.64. The van der Waals surface area contributed by atoms with Gasteiger partial charge in [0.1, 0.15) is 10.8 Å². The van der Waals surface area contributed by atoms with E-state index in [2.05, 4.69) is 5.32 Å². The molecular formula is C19H21ClN2O3S. The Morgan fingerprint density at radius 2 is 2.04 bits per heavy atom. The maximum atomic E-state index is 12.6. The van der Waals surface area contributed by atoms with Gasteiger partial charge in [-0.15, -0.1) is 11.3 Å². The van der Waals surface area contributed by atoms with Crippen molar-refractivity contribution in [2.75, 3.05) is 5.32 Å². The van der Waals surface area contributed by atoms with Gasteiger partial charge in [-0.3, -0.25) is 9.59 Å². The molecule has 3 rings (SSSR count). The molecule has 26 heavy (non-hydrogen) atoms. The molecule has 5 nitrogen and oxygen atoms in total. The van der Waals surface area contributed by atoms with Crippen LogP contribution < -0.4 is 15.8 Å². The lowest BCUT2D eigenvalue weighted by atomic mass is 9.95. The van der Waals surface area contributed by atoms with Crippen molar-refractivity contribution in [1.29, 1.82) is 0 Å². The molecule has 1 aromatic heterocycles. The van der Waals surface area contributed by atoms with Gasteiger partial charge in [0.2, 0.25) is 0 Å². The molecular weight excluding hydrogens is 372 g/mol. The van der Waals surface area contributed by atoms with Crippen LogP contribution in [-0.4, -0.2) is 17.9 Å². The molecule has 1 aliphatic rings. The van der Waals surface area contributed by atoms with Crippen LogP contribution in [0.25, 0.3) is 0 Å². The van der Waals surface area contributed by atoms with Gasteiger partial charge in [0, 0.05) is 9.90 Å². The lowest BCUT2D eigenvalue weighted by molar-refractivity contribution is -0.122. The van der Waals surface area contributed by atoms with Crippen molar-refractivity contribution >= 4 is 39.8 Å². The maximum absolute atomic E-state index is 12.6. The number of amides is 2. The molecule has 3 N–H and O–H groups in total. The Bertz CT molecular complexity index is 863. The molecule has 0 fully saturated rings. The van der Waals surface area contributed by atoms with Crippen molar-refractivity contribution in [3.05, 3.63) is 44.8 Å². The second kappa shape index (κ2) is 7.68. The van der Waals surface area contributed by atoms with Crippen molar-refractivity contribution in [3.8, 4) is 5.75 Å². The number of hydrogen-bond acceptors (Lipinski definition) is 4. The molecule has 7 heteroatoms. The highest BCUT2D eigenvalue weighted by molar-refractivity contribution is 7.17. The molecule has 2 amide bonds. The molecule has 138 valence electrons. The zero-order valence-electron chi connectivity index (χ0n) is 14.7. The van der Waals surface area contributed by atoms with Gasteiger partial charge in [-0.1, -0.05) is 11.6 Å². The number of rotatable bonds is 5. The van der Waals surface area contributed by atoms with Gasteiger partial charge < -0.3 is 15.8 Å². The minimum atomic E-state index is -0.727. The van der Waals surface area contributed by atoms with Crippen molar-refractivity contribution in [2.45, 2.75) is 45.6 Å². The Kier molecular flexibility index (Phi) is 5.53. The summed E-state index contributed by atoms with van der Waals surface area (Å²) in [7, 11) is 0. The van der Waals surface area contributed by atoms with Crippen LogP contribution in [0.1, 0.15) is 46.1 Å². The van der Waals surface area contributed by atoms with Crippen LogP contribution in [0.4, 0.5) is 5.00 Å². The number of primary amides is 1. The summed E-state index contributed by atoms with van der Waals surface area (Å²) in [4.78, 5) is 25.6. The molecule has 0 spiro atoms. The SMILES string of the molecule is Cc1cc(Cl)ccc1O[C@@H](C)C(=O)Nc1sc2c(c1C(N)=O)CCCC2. The summed E-state index contributed by atoms with van der Waals surface area (Å²) >= 11 is 7.38. The number of carbonyl (C=O) groups excluding carboxylic acids is 2. The normalized spacial score (nSPS) is 14.4. The first-order chi connectivity index (χ1) is 12.4. The molecule has 0 radical (unpaired) electrons. The van der Waals surface area contributed by atoms with Gasteiger partial charge in [0.25, 0.3) is 11.8 Å². The van der Waals surface area contributed by atoms with Crippen LogP contribution in [-0.2, 0) is 17.6 Å². The van der Waals surface area contributed by atoms with E-state index in [9.17, 15) is 9.59 Å². The molecule has 0 saturated heterocycles. The molecule has 2 aromatic rings. The van der Waals surface area contributed by atoms with Gasteiger partial charge in [0.15, 0.2) is 6.10 Å². The van der Waals surface area contributed by atoms with Crippen LogP contribution >= 0.6 is 22.9 Å². The van der Waals surface area contributed by atoms with E-state index >= 15 is 0 Å². The molecule has 1 atom stereocenters. The van der Waals surface area contributed by atoms with Gasteiger partial charge in [0.05, 0.1) is 5.56 Å². The first kappa shape index (κ1) is 18.7. The smallest absolute Gasteiger partial charge is 0.265 e. The predicted octanol–water partition coefficient (Wildman–Crippen LogP) is 4.09.